The van der Waals surface area contributed by atoms with E-state index in [1.54, 1.807) is 0 Å². The second-order valence-electron chi connectivity index (χ2n) is 5.58. The number of esters is 3. The molecular formula is C16H23NO10. The molecule has 1 saturated heterocycles. The zero-order valence-electron chi connectivity index (χ0n) is 15.2. The van der Waals surface area contributed by atoms with E-state index >= 15 is 0 Å². The molecule has 2 N–H and O–H groups in total. The molecule has 1 aliphatic heterocycles. The lowest BCUT2D eigenvalue weighted by molar-refractivity contribution is -0.267. The lowest BCUT2D eigenvalue weighted by Gasteiger charge is -2.42. The minimum atomic E-state index is -1.55. The molecule has 0 saturated carbocycles. The molecule has 11 heteroatoms. The fourth-order valence-electron chi connectivity index (χ4n) is 2.32. The average molecular weight is 389 g/mol. The summed E-state index contributed by atoms with van der Waals surface area (Å²) in [5, 5.41) is 12.9. The molecule has 1 heterocycles. The highest BCUT2D eigenvalue weighted by Gasteiger charge is 2.49. The Hall–Kier alpha value is -2.66. The summed E-state index contributed by atoms with van der Waals surface area (Å²) in [6.45, 7) is 6.27. The Balaban J connectivity index is 3.04. The summed E-state index contributed by atoms with van der Waals surface area (Å²) in [4.78, 5) is 45.6. The van der Waals surface area contributed by atoms with E-state index in [-0.39, 0.29) is 13.2 Å². The van der Waals surface area contributed by atoms with Crippen LogP contribution in [0.3, 0.4) is 0 Å². The van der Waals surface area contributed by atoms with Gasteiger partial charge in [-0.2, -0.15) is 0 Å². The summed E-state index contributed by atoms with van der Waals surface area (Å²) in [7, 11) is 0. The van der Waals surface area contributed by atoms with Crippen LogP contribution in [0, 0.1) is 0 Å². The highest BCUT2D eigenvalue weighted by atomic mass is 16.7. The van der Waals surface area contributed by atoms with Crippen molar-refractivity contribution in [2.45, 2.75) is 51.4 Å². The average Bonchev–Trinajstić information content (AvgIpc) is 2.56. The fourth-order valence-corrected chi connectivity index (χ4v) is 2.32. The number of hydrogen-bond donors (Lipinski definition) is 2. The molecule has 0 bridgehead atoms. The van der Waals surface area contributed by atoms with Crippen LogP contribution in [0.25, 0.3) is 0 Å². The summed E-state index contributed by atoms with van der Waals surface area (Å²) < 4.78 is 25.1. The monoisotopic (exact) mass is 389 g/mol. The van der Waals surface area contributed by atoms with E-state index in [2.05, 4.69) is 11.9 Å². The van der Waals surface area contributed by atoms with Crippen LogP contribution in [0.4, 0.5) is 4.79 Å². The molecule has 5 atom stereocenters. The van der Waals surface area contributed by atoms with Gasteiger partial charge in [0.25, 0.3) is 0 Å². The van der Waals surface area contributed by atoms with Crippen LogP contribution in [0.2, 0.25) is 0 Å². The fraction of sp³-hybridized carbons (Fsp3) is 0.625. The SMILES string of the molecule is C=CCOC(=O)NC1C(OC(C)=O)O[C@@H](COC(C)=O)[C@H](OC(C)=O)C1O. The second kappa shape index (κ2) is 10.5. The van der Waals surface area contributed by atoms with Crippen molar-refractivity contribution in [2.24, 2.45) is 0 Å². The van der Waals surface area contributed by atoms with Crippen LogP contribution >= 0.6 is 0 Å². The highest BCUT2D eigenvalue weighted by Crippen LogP contribution is 2.25. The van der Waals surface area contributed by atoms with Crippen molar-refractivity contribution < 1.29 is 48.0 Å². The standard InChI is InChI=1S/C16H23NO10/c1-5-6-23-16(22)17-12-13(21)14(25-9(3)19)11(7-24-8(2)18)27-15(12)26-10(4)20/h5,11-15,21H,1,6-7H2,2-4H3,(H,17,22)/t11-,12?,13?,14-,15?/m0/s1. The summed E-state index contributed by atoms with van der Waals surface area (Å²) in [5.41, 5.74) is 0. The van der Waals surface area contributed by atoms with E-state index < -0.39 is 54.6 Å². The van der Waals surface area contributed by atoms with Crippen molar-refractivity contribution in [3.8, 4) is 0 Å². The first-order valence-electron chi connectivity index (χ1n) is 8.01. The third-order valence-electron chi connectivity index (χ3n) is 3.32. The Kier molecular flexibility index (Phi) is 8.69. The van der Waals surface area contributed by atoms with Crippen molar-refractivity contribution in [2.75, 3.05) is 13.2 Å². The highest BCUT2D eigenvalue weighted by molar-refractivity contribution is 5.69. The molecule has 0 spiro atoms. The van der Waals surface area contributed by atoms with Crippen molar-refractivity contribution in [1.29, 1.82) is 0 Å². The number of rotatable bonds is 7. The smallest absolute Gasteiger partial charge is 0.407 e. The Morgan fingerprint density at radius 1 is 1.07 bits per heavy atom. The maximum atomic E-state index is 11.8. The van der Waals surface area contributed by atoms with Crippen molar-refractivity contribution >= 4 is 24.0 Å². The molecule has 1 aliphatic rings. The molecule has 0 aliphatic carbocycles. The molecular weight excluding hydrogens is 366 g/mol. The summed E-state index contributed by atoms with van der Waals surface area (Å²) >= 11 is 0. The van der Waals surface area contributed by atoms with Gasteiger partial charge >= 0.3 is 24.0 Å². The largest absolute Gasteiger partial charge is 0.463 e. The summed E-state index contributed by atoms with van der Waals surface area (Å²) in [5.74, 6) is -2.13. The van der Waals surface area contributed by atoms with Crippen LogP contribution < -0.4 is 5.32 Å². The third kappa shape index (κ3) is 7.23. The number of aliphatic hydroxyl groups excluding tert-OH is 1. The third-order valence-corrected chi connectivity index (χ3v) is 3.32. The lowest BCUT2D eigenvalue weighted by atomic mass is 9.96. The Labute approximate surface area is 155 Å². The van der Waals surface area contributed by atoms with Gasteiger partial charge in [-0.05, 0) is 0 Å². The number of aliphatic hydroxyl groups is 1. The molecule has 1 rings (SSSR count). The van der Waals surface area contributed by atoms with Crippen LogP contribution in [-0.4, -0.2) is 73.0 Å². The zero-order valence-corrected chi connectivity index (χ0v) is 15.2. The molecule has 11 nitrogen and oxygen atoms in total. The second-order valence-corrected chi connectivity index (χ2v) is 5.58. The van der Waals surface area contributed by atoms with Crippen molar-refractivity contribution in [3.63, 3.8) is 0 Å². The van der Waals surface area contributed by atoms with E-state index in [0.29, 0.717) is 0 Å². The lowest BCUT2D eigenvalue weighted by Crippen LogP contribution is -2.66. The van der Waals surface area contributed by atoms with E-state index in [4.69, 9.17) is 23.7 Å². The van der Waals surface area contributed by atoms with E-state index in [1.165, 1.54) is 6.08 Å². The molecule has 3 unspecified atom stereocenters. The van der Waals surface area contributed by atoms with E-state index in [1.807, 2.05) is 0 Å². The predicted molar refractivity (Wildman–Crippen MR) is 87.1 cm³/mol. The number of nitrogens with one attached hydrogen (secondary N) is 1. The molecule has 27 heavy (non-hydrogen) atoms. The van der Waals surface area contributed by atoms with Gasteiger partial charge in [-0.25, -0.2) is 4.79 Å². The zero-order chi connectivity index (χ0) is 20.6. The molecule has 1 amide bonds. The molecule has 1 fully saturated rings. The maximum absolute atomic E-state index is 11.8. The van der Waals surface area contributed by atoms with Gasteiger partial charge in [-0.3, -0.25) is 14.4 Å². The van der Waals surface area contributed by atoms with Gasteiger partial charge in [0.1, 0.15) is 31.5 Å². The number of ether oxygens (including phenoxy) is 5. The van der Waals surface area contributed by atoms with Crippen LogP contribution in [0.1, 0.15) is 20.8 Å². The maximum Gasteiger partial charge on any atom is 0.407 e. The van der Waals surface area contributed by atoms with Gasteiger partial charge in [0.2, 0.25) is 6.29 Å². The Bertz CT molecular complexity index is 578. The van der Waals surface area contributed by atoms with Gasteiger partial charge in [-0.1, -0.05) is 12.7 Å². The molecule has 152 valence electrons. The van der Waals surface area contributed by atoms with Crippen LogP contribution in [-0.2, 0) is 38.1 Å². The van der Waals surface area contributed by atoms with Crippen molar-refractivity contribution in [1.82, 2.24) is 5.32 Å². The number of carbonyl (C=O) groups is 4. The minimum Gasteiger partial charge on any atom is -0.463 e. The number of hydrogen-bond acceptors (Lipinski definition) is 10. The normalized spacial score (nSPS) is 27.0. The number of amides is 1. The first-order valence-corrected chi connectivity index (χ1v) is 8.01. The Morgan fingerprint density at radius 2 is 1.70 bits per heavy atom. The van der Waals surface area contributed by atoms with Gasteiger partial charge in [0, 0.05) is 20.8 Å². The first kappa shape index (κ1) is 22.4. The summed E-state index contributed by atoms with van der Waals surface area (Å²) in [6.07, 6.45) is -5.06. The number of alkyl carbamates (subject to hydrolysis) is 1. The quantitative estimate of drug-likeness (QED) is 0.329. The summed E-state index contributed by atoms with van der Waals surface area (Å²) in [6, 6.07) is -1.32. The minimum absolute atomic E-state index is 0.101. The topological polar surface area (TPSA) is 147 Å². The molecule has 0 radical (unpaired) electrons. The van der Waals surface area contributed by atoms with Crippen molar-refractivity contribution in [3.05, 3.63) is 12.7 Å². The Morgan fingerprint density at radius 3 is 2.22 bits per heavy atom. The molecule has 0 aromatic heterocycles. The van der Waals surface area contributed by atoms with E-state index in [9.17, 15) is 24.3 Å². The van der Waals surface area contributed by atoms with Gasteiger partial charge in [0.05, 0.1) is 0 Å². The van der Waals surface area contributed by atoms with Gasteiger partial charge in [0.15, 0.2) is 6.10 Å². The van der Waals surface area contributed by atoms with E-state index in [0.717, 1.165) is 20.8 Å². The number of carbonyl (C=O) groups excluding carboxylic acids is 4. The van der Waals surface area contributed by atoms with Gasteiger partial charge < -0.3 is 34.1 Å². The van der Waals surface area contributed by atoms with Crippen LogP contribution in [0.5, 0.6) is 0 Å². The molecule has 0 aromatic carbocycles. The first-order chi connectivity index (χ1) is 12.6. The van der Waals surface area contributed by atoms with Crippen LogP contribution in [0.15, 0.2) is 12.7 Å². The van der Waals surface area contributed by atoms with Gasteiger partial charge in [-0.15, -0.1) is 0 Å². The predicted octanol–water partition coefficient (Wildman–Crippen LogP) is -0.589. The molecule has 0 aromatic rings.